The second-order valence-corrected chi connectivity index (χ2v) is 4.84. The molecule has 0 fully saturated rings. The Balaban J connectivity index is 1.82. The Morgan fingerprint density at radius 3 is 2.67 bits per heavy atom. The third-order valence-electron chi connectivity index (χ3n) is 3.40. The van der Waals surface area contributed by atoms with E-state index in [9.17, 15) is 14.0 Å². The topological polar surface area (TPSA) is 58.2 Å². The fraction of sp³-hybridized carbons (Fsp3) is 0.125. The number of rotatable bonds is 2. The lowest BCUT2D eigenvalue weighted by atomic mass is 10.00. The van der Waals surface area contributed by atoms with Crippen LogP contribution in [0.5, 0.6) is 0 Å². The molecule has 0 unspecified atom stereocenters. The van der Waals surface area contributed by atoms with Gasteiger partial charge in [-0.25, -0.2) is 4.39 Å². The van der Waals surface area contributed by atoms with Crippen molar-refractivity contribution in [3.05, 3.63) is 65.0 Å². The molecule has 4 nitrogen and oxygen atoms in total. The number of anilines is 1. The van der Waals surface area contributed by atoms with Crippen molar-refractivity contribution in [3.63, 3.8) is 0 Å². The molecule has 5 heteroatoms. The molecule has 1 aliphatic rings. The van der Waals surface area contributed by atoms with Crippen molar-refractivity contribution >= 4 is 17.5 Å². The van der Waals surface area contributed by atoms with Gasteiger partial charge in [0.1, 0.15) is 5.82 Å². The van der Waals surface area contributed by atoms with E-state index in [0.29, 0.717) is 23.4 Å². The molecule has 0 aromatic heterocycles. The first kappa shape index (κ1) is 13.3. The van der Waals surface area contributed by atoms with Gasteiger partial charge in [0.15, 0.2) is 0 Å². The Kier molecular flexibility index (Phi) is 3.39. The van der Waals surface area contributed by atoms with E-state index in [1.807, 2.05) is 6.07 Å². The fourth-order valence-electron chi connectivity index (χ4n) is 2.29. The van der Waals surface area contributed by atoms with Gasteiger partial charge in [0.2, 0.25) is 0 Å². The molecular weight excluding hydrogens is 271 g/mol. The fourth-order valence-corrected chi connectivity index (χ4v) is 2.29. The molecule has 0 radical (unpaired) electrons. The average Bonchev–Trinajstić information content (AvgIpc) is 2.49. The van der Waals surface area contributed by atoms with E-state index in [0.717, 1.165) is 12.0 Å². The van der Waals surface area contributed by atoms with E-state index in [4.69, 9.17) is 0 Å². The van der Waals surface area contributed by atoms with Crippen molar-refractivity contribution in [1.82, 2.24) is 5.32 Å². The van der Waals surface area contributed by atoms with Crippen LogP contribution in [0.1, 0.15) is 26.3 Å². The number of hydrogen-bond acceptors (Lipinski definition) is 2. The molecule has 21 heavy (non-hydrogen) atoms. The van der Waals surface area contributed by atoms with E-state index in [1.54, 1.807) is 12.1 Å². The minimum absolute atomic E-state index is 0.130. The van der Waals surface area contributed by atoms with E-state index >= 15 is 0 Å². The maximum atomic E-state index is 12.8. The highest BCUT2D eigenvalue weighted by atomic mass is 19.1. The number of fused-ring (bicyclic) bond motifs is 1. The Morgan fingerprint density at radius 1 is 1.14 bits per heavy atom. The number of benzene rings is 2. The Hall–Kier alpha value is -2.69. The minimum atomic E-state index is -0.392. The zero-order valence-corrected chi connectivity index (χ0v) is 11.2. The summed E-state index contributed by atoms with van der Waals surface area (Å²) >= 11 is 0. The van der Waals surface area contributed by atoms with Crippen LogP contribution in [-0.4, -0.2) is 18.4 Å². The molecule has 0 spiro atoms. The molecular formula is C16H13FN2O2. The van der Waals surface area contributed by atoms with Crippen LogP contribution >= 0.6 is 0 Å². The Labute approximate surface area is 121 Å². The summed E-state index contributed by atoms with van der Waals surface area (Å²) in [6, 6.07) is 10.6. The molecule has 2 aromatic carbocycles. The van der Waals surface area contributed by atoms with Gasteiger partial charge in [-0.05, 0) is 48.4 Å². The second kappa shape index (κ2) is 5.36. The van der Waals surface area contributed by atoms with E-state index < -0.39 is 5.82 Å². The molecule has 0 saturated carbocycles. The van der Waals surface area contributed by atoms with Crippen LogP contribution in [0.2, 0.25) is 0 Å². The van der Waals surface area contributed by atoms with E-state index in [2.05, 4.69) is 10.6 Å². The second-order valence-electron chi connectivity index (χ2n) is 4.84. The minimum Gasteiger partial charge on any atom is -0.352 e. The van der Waals surface area contributed by atoms with E-state index in [-0.39, 0.29) is 11.8 Å². The Morgan fingerprint density at radius 2 is 1.90 bits per heavy atom. The van der Waals surface area contributed by atoms with Gasteiger partial charge in [-0.2, -0.15) is 0 Å². The molecule has 2 N–H and O–H groups in total. The predicted molar refractivity (Wildman–Crippen MR) is 76.8 cm³/mol. The molecule has 1 aliphatic heterocycles. The van der Waals surface area contributed by atoms with Gasteiger partial charge >= 0.3 is 0 Å². The average molecular weight is 284 g/mol. The summed E-state index contributed by atoms with van der Waals surface area (Å²) in [6.45, 7) is 0.632. The first-order valence-corrected chi connectivity index (χ1v) is 6.61. The van der Waals surface area contributed by atoms with Crippen LogP contribution in [0.15, 0.2) is 42.5 Å². The maximum absolute atomic E-state index is 12.8. The molecule has 2 aromatic rings. The summed E-state index contributed by atoms with van der Waals surface area (Å²) in [7, 11) is 0. The molecule has 0 bridgehead atoms. The zero-order valence-electron chi connectivity index (χ0n) is 11.2. The van der Waals surface area contributed by atoms with Crippen molar-refractivity contribution in [2.45, 2.75) is 6.42 Å². The predicted octanol–water partition coefficient (Wildman–Crippen LogP) is 2.36. The van der Waals surface area contributed by atoms with Crippen molar-refractivity contribution in [2.75, 3.05) is 11.9 Å². The lowest BCUT2D eigenvalue weighted by Crippen LogP contribution is -2.31. The SMILES string of the molecule is O=C(Nc1ccc2c(c1)C(=O)NCC2)c1ccc(F)cc1. The number of amides is 2. The van der Waals surface area contributed by atoms with Crippen LogP contribution in [0.25, 0.3) is 0 Å². The molecule has 0 saturated heterocycles. The van der Waals surface area contributed by atoms with Crippen LogP contribution in [0.3, 0.4) is 0 Å². The van der Waals surface area contributed by atoms with Gasteiger partial charge < -0.3 is 10.6 Å². The molecule has 2 amide bonds. The van der Waals surface area contributed by atoms with Crippen LogP contribution < -0.4 is 10.6 Å². The van der Waals surface area contributed by atoms with Gasteiger partial charge in [0.05, 0.1) is 0 Å². The van der Waals surface area contributed by atoms with Crippen molar-refractivity contribution in [1.29, 1.82) is 0 Å². The summed E-state index contributed by atoms with van der Waals surface area (Å²) in [5, 5.41) is 5.47. The first-order valence-electron chi connectivity index (χ1n) is 6.61. The number of carbonyl (C=O) groups is 2. The number of hydrogen-bond donors (Lipinski definition) is 2. The third kappa shape index (κ3) is 2.76. The van der Waals surface area contributed by atoms with Crippen molar-refractivity contribution in [2.24, 2.45) is 0 Å². The standard InChI is InChI=1S/C16H13FN2O2/c17-12-4-1-11(2-5-12)15(20)19-13-6-3-10-7-8-18-16(21)14(10)9-13/h1-6,9H,7-8H2,(H,18,21)(H,19,20). The lowest BCUT2D eigenvalue weighted by molar-refractivity contribution is 0.0944. The Bertz CT molecular complexity index is 711. The first-order chi connectivity index (χ1) is 10.1. The molecule has 0 aliphatic carbocycles. The van der Waals surface area contributed by atoms with Crippen LogP contribution in [0.4, 0.5) is 10.1 Å². The van der Waals surface area contributed by atoms with Gasteiger partial charge in [-0.15, -0.1) is 0 Å². The van der Waals surface area contributed by atoms with Crippen molar-refractivity contribution < 1.29 is 14.0 Å². The molecule has 106 valence electrons. The highest BCUT2D eigenvalue weighted by molar-refractivity contribution is 6.05. The molecule has 1 heterocycles. The summed E-state index contributed by atoms with van der Waals surface area (Å²) in [6.07, 6.45) is 0.785. The lowest BCUT2D eigenvalue weighted by Gasteiger charge is -2.17. The quantitative estimate of drug-likeness (QED) is 0.889. The summed E-state index contributed by atoms with van der Waals surface area (Å²) in [5.41, 5.74) is 2.45. The maximum Gasteiger partial charge on any atom is 0.255 e. The summed E-state index contributed by atoms with van der Waals surface area (Å²) in [5.74, 6) is -0.864. The monoisotopic (exact) mass is 284 g/mol. The van der Waals surface area contributed by atoms with Gasteiger partial charge in [-0.3, -0.25) is 9.59 Å². The highest BCUT2D eigenvalue weighted by Crippen LogP contribution is 2.19. The van der Waals surface area contributed by atoms with E-state index in [1.165, 1.54) is 24.3 Å². The number of halogens is 1. The summed E-state index contributed by atoms with van der Waals surface area (Å²) < 4.78 is 12.8. The molecule has 3 rings (SSSR count). The normalized spacial score (nSPS) is 13.3. The largest absolute Gasteiger partial charge is 0.352 e. The van der Waals surface area contributed by atoms with Crippen LogP contribution in [-0.2, 0) is 6.42 Å². The third-order valence-corrected chi connectivity index (χ3v) is 3.40. The van der Waals surface area contributed by atoms with Crippen LogP contribution in [0, 0.1) is 5.82 Å². The van der Waals surface area contributed by atoms with Gasteiger partial charge in [-0.1, -0.05) is 6.07 Å². The number of carbonyl (C=O) groups excluding carboxylic acids is 2. The zero-order chi connectivity index (χ0) is 14.8. The van der Waals surface area contributed by atoms with Crippen molar-refractivity contribution in [3.8, 4) is 0 Å². The highest BCUT2D eigenvalue weighted by Gasteiger charge is 2.17. The summed E-state index contributed by atoms with van der Waals surface area (Å²) in [4.78, 5) is 23.8. The van der Waals surface area contributed by atoms with Gasteiger partial charge in [0, 0.05) is 23.4 Å². The molecule has 0 atom stereocenters. The smallest absolute Gasteiger partial charge is 0.255 e. The van der Waals surface area contributed by atoms with Gasteiger partial charge in [0.25, 0.3) is 11.8 Å². The number of nitrogens with one attached hydrogen (secondary N) is 2.